The molecule has 0 fully saturated rings. The lowest BCUT2D eigenvalue weighted by Gasteiger charge is -2.15. The zero-order valence-electron chi connectivity index (χ0n) is 7.30. The van der Waals surface area contributed by atoms with Crippen LogP contribution in [0.2, 0.25) is 0 Å². The van der Waals surface area contributed by atoms with Crippen molar-refractivity contribution < 1.29 is 0 Å². The molecular weight excluding hydrogens is 136 g/mol. The van der Waals surface area contributed by atoms with E-state index in [1.807, 2.05) is 0 Å². The predicted octanol–water partition coefficient (Wildman–Crippen LogP) is 1.70. The van der Waals surface area contributed by atoms with Crippen LogP contribution in [-0.4, -0.2) is 12.6 Å². The zero-order valence-corrected chi connectivity index (χ0v) is 7.30. The molecule has 2 heteroatoms. The Labute approximate surface area is 68.9 Å². The Morgan fingerprint density at radius 3 is 2.73 bits per heavy atom. The number of rotatable bonds is 5. The van der Waals surface area contributed by atoms with Gasteiger partial charge in [0.05, 0.1) is 12.1 Å². The lowest BCUT2D eigenvalue weighted by atomic mass is 10.0. The molecule has 0 saturated heterocycles. The second-order valence-electron chi connectivity index (χ2n) is 2.69. The summed E-state index contributed by atoms with van der Waals surface area (Å²) in [6.45, 7) is 8.45. The highest BCUT2D eigenvalue weighted by atomic mass is 14.9. The number of hydrogen-bond acceptors (Lipinski definition) is 2. The Kier molecular flexibility index (Phi) is 5.50. The molecule has 0 saturated carbocycles. The van der Waals surface area contributed by atoms with E-state index in [-0.39, 0.29) is 6.04 Å². The van der Waals surface area contributed by atoms with Gasteiger partial charge in [0.2, 0.25) is 0 Å². The molecule has 0 spiro atoms. The second kappa shape index (κ2) is 5.94. The van der Waals surface area contributed by atoms with Crippen LogP contribution in [0.1, 0.15) is 20.3 Å². The Hall–Kier alpha value is -0.810. The molecule has 2 nitrogen and oxygen atoms in total. The minimum atomic E-state index is -0.0296. The van der Waals surface area contributed by atoms with Crippen LogP contribution < -0.4 is 5.32 Å². The Bertz CT molecular complexity index is 146. The fourth-order valence-electron chi connectivity index (χ4n) is 0.820. The molecular formula is C9H16N2. The van der Waals surface area contributed by atoms with Gasteiger partial charge in [-0.15, -0.1) is 6.58 Å². The van der Waals surface area contributed by atoms with E-state index >= 15 is 0 Å². The summed E-state index contributed by atoms with van der Waals surface area (Å²) in [5, 5.41) is 11.8. The summed E-state index contributed by atoms with van der Waals surface area (Å²) in [6, 6.07) is 2.20. The predicted molar refractivity (Wildman–Crippen MR) is 47.1 cm³/mol. The van der Waals surface area contributed by atoms with Gasteiger partial charge in [0, 0.05) is 6.54 Å². The molecule has 0 aliphatic rings. The first-order chi connectivity index (χ1) is 5.26. The van der Waals surface area contributed by atoms with Gasteiger partial charge in [-0.1, -0.05) is 26.3 Å². The average Bonchev–Trinajstić information content (AvgIpc) is 2.05. The van der Waals surface area contributed by atoms with Gasteiger partial charge in [-0.2, -0.15) is 5.26 Å². The summed E-state index contributed by atoms with van der Waals surface area (Å²) in [4.78, 5) is 0. The van der Waals surface area contributed by atoms with E-state index in [4.69, 9.17) is 5.26 Å². The van der Waals surface area contributed by atoms with Crippen molar-refractivity contribution in [2.45, 2.75) is 26.3 Å². The first-order valence-corrected chi connectivity index (χ1v) is 4.00. The molecule has 0 aromatic heterocycles. The van der Waals surface area contributed by atoms with Crippen LogP contribution in [0, 0.1) is 17.2 Å². The van der Waals surface area contributed by atoms with Crippen LogP contribution in [0.15, 0.2) is 12.7 Å². The maximum atomic E-state index is 8.71. The van der Waals surface area contributed by atoms with Gasteiger partial charge >= 0.3 is 0 Å². The van der Waals surface area contributed by atoms with E-state index in [0.29, 0.717) is 12.5 Å². The maximum absolute atomic E-state index is 8.71. The summed E-state index contributed by atoms with van der Waals surface area (Å²) in [7, 11) is 0. The van der Waals surface area contributed by atoms with Crippen LogP contribution in [0.5, 0.6) is 0 Å². The van der Waals surface area contributed by atoms with Crippen LogP contribution in [0.25, 0.3) is 0 Å². The molecule has 0 aliphatic carbocycles. The van der Waals surface area contributed by atoms with Crippen LogP contribution >= 0.6 is 0 Å². The van der Waals surface area contributed by atoms with Crippen molar-refractivity contribution in [1.82, 2.24) is 5.32 Å². The molecule has 1 N–H and O–H groups in total. The van der Waals surface area contributed by atoms with Crippen molar-refractivity contribution in [3.8, 4) is 6.07 Å². The fourth-order valence-corrected chi connectivity index (χ4v) is 0.820. The van der Waals surface area contributed by atoms with Crippen LogP contribution in [-0.2, 0) is 0 Å². The molecule has 2 atom stereocenters. The van der Waals surface area contributed by atoms with Gasteiger partial charge in [-0.05, 0) is 5.92 Å². The Morgan fingerprint density at radius 2 is 2.36 bits per heavy atom. The number of nitriles is 1. The number of hydrogen-bond donors (Lipinski definition) is 1. The highest BCUT2D eigenvalue weighted by Gasteiger charge is 2.12. The van der Waals surface area contributed by atoms with Gasteiger partial charge in [0.25, 0.3) is 0 Å². The van der Waals surface area contributed by atoms with E-state index in [9.17, 15) is 0 Å². The van der Waals surface area contributed by atoms with Crippen molar-refractivity contribution in [2.24, 2.45) is 5.92 Å². The maximum Gasteiger partial charge on any atom is 0.0981 e. The van der Waals surface area contributed by atoms with Gasteiger partial charge < -0.3 is 0 Å². The third-order valence-electron chi connectivity index (χ3n) is 1.83. The lowest BCUT2D eigenvalue weighted by Crippen LogP contribution is -2.33. The molecule has 0 amide bonds. The zero-order chi connectivity index (χ0) is 8.69. The standard InChI is InChI=1S/C9H16N2/c1-4-6-11-9(7-10)8(3)5-2/h4,8-9,11H,1,5-6H2,2-3H3. The molecule has 11 heavy (non-hydrogen) atoms. The molecule has 62 valence electrons. The van der Waals surface area contributed by atoms with E-state index in [1.54, 1.807) is 6.08 Å². The third kappa shape index (κ3) is 3.79. The Morgan fingerprint density at radius 1 is 1.73 bits per heavy atom. The first kappa shape index (κ1) is 10.2. The van der Waals surface area contributed by atoms with Crippen molar-refractivity contribution in [3.05, 3.63) is 12.7 Å². The van der Waals surface area contributed by atoms with Gasteiger partial charge in [-0.25, -0.2) is 0 Å². The minimum absolute atomic E-state index is 0.0296. The molecule has 0 aromatic carbocycles. The van der Waals surface area contributed by atoms with Crippen LogP contribution in [0.3, 0.4) is 0 Å². The highest BCUT2D eigenvalue weighted by molar-refractivity contribution is 4.94. The largest absolute Gasteiger partial charge is 0.298 e. The summed E-state index contributed by atoms with van der Waals surface area (Å²) < 4.78 is 0. The lowest BCUT2D eigenvalue weighted by molar-refractivity contribution is 0.445. The van der Waals surface area contributed by atoms with Gasteiger partial charge in [0.1, 0.15) is 0 Å². The van der Waals surface area contributed by atoms with E-state index in [1.165, 1.54) is 0 Å². The topological polar surface area (TPSA) is 35.8 Å². The van der Waals surface area contributed by atoms with Gasteiger partial charge in [0.15, 0.2) is 0 Å². The molecule has 0 bridgehead atoms. The summed E-state index contributed by atoms with van der Waals surface area (Å²) in [5.41, 5.74) is 0. The normalized spacial score (nSPS) is 15.0. The molecule has 0 rings (SSSR count). The summed E-state index contributed by atoms with van der Waals surface area (Å²) in [5.74, 6) is 0.417. The quantitative estimate of drug-likeness (QED) is 0.609. The molecule has 2 unspecified atom stereocenters. The first-order valence-electron chi connectivity index (χ1n) is 4.00. The SMILES string of the molecule is C=CCNC(C#N)C(C)CC. The highest BCUT2D eigenvalue weighted by Crippen LogP contribution is 2.05. The van der Waals surface area contributed by atoms with E-state index in [2.05, 4.69) is 31.8 Å². The number of nitrogens with one attached hydrogen (secondary N) is 1. The minimum Gasteiger partial charge on any atom is -0.298 e. The monoisotopic (exact) mass is 152 g/mol. The average molecular weight is 152 g/mol. The molecule has 0 aromatic rings. The van der Waals surface area contributed by atoms with Crippen molar-refractivity contribution in [1.29, 1.82) is 5.26 Å². The second-order valence-corrected chi connectivity index (χ2v) is 2.69. The number of nitrogens with zero attached hydrogens (tertiary/aromatic N) is 1. The fraction of sp³-hybridized carbons (Fsp3) is 0.667. The third-order valence-corrected chi connectivity index (χ3v) is 1.83. The smallest absolute Gasteiger partial charge is 0.0981 e. The van der Waals surface area contributed by atoms with E-state index in [0.717, 1.165) is 6.42 Å². The van der Waals surface area contributed by atoms with Crippen molar-refractivity contribution in [2.75, 3.05) is 6.54 Å². The van der Waals surface area contributed by atoms with Crippen LogP contribution in [0.4, 0.5) is 0 Å². The molecule has 0 aliphatic heterocycles. The molecule has 0 radical (unpaired) electrons. The molecule has 0 heterocycles. The summed E-state index contributed by atoms with van der Waals surface area (Å²) >= 11 is 0. The van der Waals surface area contributed by atoms with Gasteiger partial charge in [-0.3, -0.25) is 5.32 Å². The van der Waals surface area contributed by atoms with Crippen molar-refractivity contribution >= 4 is 0 Å². The Balaban J connectivity index is 3.76. The summed E-state index contributed by atoms with van der Waals surface area (Å²) in [6.07, 6.45) is 2.80. The van der Waals surface area contributed by atoms with Crippen molar-refractivity contribution in [3.63, 3.8) is 0 Å². The van der Waals surface area contributed by atoms with E-state index < -0.39 is 0 Å².